The minimum absolute atomic E-state index is 0.0320. The van der Waals surface area contributed by atoms with Crippen molar-refractivity contribution in [2.45, 2.75) is 105 Å². The van der Waals surface area contributed by atoms with Crippen LogP contribution < -0.4 is 0 Å². The van der Waals surface area contributed by atoms with Crippen LogP contribution in [0.1, 0.15) is 88.0 Å². The first kappa shape index (κ1) is 20.2. The molecule has 0 heterocycles. The van der Waals surface area contributed by atoms with Crippen LogP contribution in [0.15, 0.2) is 0 Å². The molecule has 0 aromatic carbocycles. The lowest BCUT2D eigenvalue weighted by Crippen LogP contribution is -2.32. The fourth-order valence-corrected chi connectivity index (χ4v) is 5.98. The summed E-state index contributed by atoms with van der Waals surface area (Å²) in [4.78, 5) is 0. The fourth-order valence-electron chi connectivity index (χ4n) is 3.19. The molecule has 0 unspecified atom stereocenters. The standard InChI is InChI=1S/C18H37O3P/c1-16(2,3)14-10-12-15(13-11-14)22(19,20-17(4,5)6)21-18(7,8)9/h14-15H,10-13H2,1-9H3. The molecule has 1 aliphatic carbocycles. The zero-order valence-corrected chi connectivity index (χ0v) is 17.0. The molecule has 0 aliphatic heterocycles. The van der Waals surface area contributed by atoms with Gasteiger partial charge in [0.1, 0.15) is 0 Å². The van der Waals surface area contributed by atoms with Crippen LogP contribution in [0.4, 0.5) is 0 Å². The predicted octanol–water partition coefficient (Wildman–Crippen LogP) is 6.41. The van der Waals surface area contributed by atoms with E-state index in [0.717, 1.165) is 25.7 Å². The zero-order valence-electron chi connectivity index (χ0n) is 16.2. The van der Waals surface area contributed by atoms with Gasteiger partial charge in [0, 0.05) is 0 Å². The lowest BCUT2D eigenvalue weighted by atomic mass is 9.72. The Hall–Kier alpha value is 0.150. The molecule has 0 aromatic heterocycles. The van der Waals surface area contributed by atoms with Gasteiger partial charge >= 0.3 is 7.60 Å². The molecule has 0 amide bonds. The van der Waals surface area contributed by atoms with Crippen molar-refractivity contribution in [1.82, 2.24) is 0 Å². The summed E-state index contributed by atoms with van der Waals surface area (Å²) in [5.74, 6) is 0.696. The van der Waals surface area contributed by atoms with Crippen LogP contribution in [0.5, 0.6) is 0 Å². The molecule has 0 aromatic rings. The topological polar surface area (TPSA) is 35.5 Å². The third kappa shape index (κ3) is 6.34. The van der Waals surface area contributed by atoms with Crippen LogP contribution >= 0.6 is 7.60 Å². The summed E-state index contributed by atoms with van der Waals surface area (Å²) in [7, 11) is -3.12. The fraction of sp³-hybridized carbons (Fsp3) is 1.00. The van der Waals surface area contributed by atoms with Crippen molar-refractivity contribution in [3.63, 3.8) is 0 Å². The summed E-state index contributed by atoms with van der Waals surface area (Å²) in [6.07, 6.45) is 4.09. The van der Waals surface area contributed by atoms with Gasteiger partial charge in [0.15, 0.2) is 0 Å². The van der Waals surface area contributed by atoms with E-state index in [4.69, 9.17) is 9.05 Å². The first-order valence-corrected chi connectivity index (χ1v) is 10.2. The monoisotopic (exact) mass is 332 g/mol. The van der Waals surface area contributed by atoms with E-state index in [2.05, 4.69) is 20.8 Å². The Morgan fingerprint density at radius 3 is 1.36 bits per heavy atom. The minimum Gasteiger partial charge on any atom is -0.303 e. The molecule has 0 radical (unpaired) electrons. The number of hydrogen-bond donors (Lipinski definition) is 0. The van der Waals surface area contributed by atoms with Gasteiger partial charge in [-0.15, -0.1) is 0 Å². The van der Waals surface area contributed by atoms with Gasteiger partial charge < -0.3 is 9.05 Å². The van der Waals surface area contributed by atoms with Crippen molar-refractivity contribution in [2.75, 3.05) is 0 Å². The summed E-state index contributed by atoms with van der Waals surface area (Å²) in [6.45, 7) is 18.6. The van der Waals surface area contributed by atoms with Gasteiger partial charge in [-0.2, -0.15) is 0 Å². The van der Waals surface area contributed by atoms with Crippen LogP contribution in [-0.2, 0) is 13.6 Å². The van der Waals surface area contributed by atoms with Gasteiger partial charge in [0.05, 0.1) is 16.9 Å². The van der Waals surface area contributed by atoms with Crippen molar-refractivity contribution in [1.29, 1.82) is 0 Å². The Morgan fingerprint density at radius 2 is 1.09 bits per heavy atom. The van der Waals surface area contributed by atoms with Gasteiger partial charge in [-0.1, -0.05) is 20.8 Å². The molecular weight excluding hydrogens is 295 g/mol. The van der Waals surface area contributed by atoms with Gasteiger partial charge in [-0.05, 0) is 78.6 Å². The Morgan fingerprint density at radius 1 is 0.727 bits per heavy atom. The first-order valence-electron chi connectivity index (χ1n) is 8.64. The lowest BCUT2D eigenvalue weighted by Gasteiger charge is -2.41. The van der Waals surface area contributed by atoms with E-state index in [1.807, 2.05) is 41.5 Å². The molecule has 4 heteroatoms. The maximum absolute atomic E-state index is 13.5. The molecule has 1 fully saturated rings. The SMILES string of the molecule is CC(C)(C)OP(=O)(OC(C)(C)C)C1CCC(C(C)(C)C)CC1. The molecule has 1 saturated carbocycles. The van der Waals surface area contributed by atoms with Crippen molar-refractivity contribution >= 4 is 7.60 Å². The highest BCUT2D eigenvalue weighted by Crippen LogP contribution is 2.62. The Balaban J connectivity index is 2.88. The van der Waals surface area contributed by atoms with Gasteiger partial charge in [0.25, 0.3) is 0 Å². The second-order valence-electron chi connectivity index (χ2n) is 9.82. The second kappa shape index (κ2) is 6.57. The van der Waals surface area contributed by atoms with E-state index in [-0.39, 0.29) is 5.66 Å². The van der Waals surface area contributed by atoms with Crippen LogP contribution in [0.2, 0.25) is 0 Å². The Kier molecular flexibility index (Phi) is 6.03. The van der Waals surface area contributed by atoms with E-state index >= 15 is 0 Å². The minimum atomic E-state index is -3.12. The van der Waals surface area contributed by atoms with Gasteiger partial charge in [-0.25, -0.2) is 0 Å². The number of rotatable bonds is 3. The molecule has 0 N–H and O–H groups in total. The highest BCUT2D eigenvalue weighted by molar-refractivity contribution is 7.54. The normalized spacial score (nSPS) is 25.3. The molecule has 132 valence electrons. The quantitative estimate of drug-likeness (QED) is 0.560. The van der Waals surface area contributed by atoms with Crippen LogP contribution in [0.25, 0.3) is 0 Å². The largest absolute Gasteiger partial charge is 0.334 e. The highest BCUT2D eigenvalue weighted by Gasteiger charge is 2.45. The Bertz CT molecular complexity index is 382. The van der Waals surface area contributed by atoms with Gasteiger partial charge in [-0.3, -0.25) is 4.57 Å². The van der Waals surface area contributed by atoms with Crippen molar-refractivity contribution in [2.24, 2.45) is 11.3 Å². The zero-order chi connectivity index (χ0) is 17.4. The van der Waals surface area contributed by atoms with Crippen LogP contribution in [0, 0.1) is 11.3 Å². The van der Waals surface area contributed by atoms with Crippen molar-refractivity contribution in [3.8, 4) is 0 Å². The van der Waals surface area contributed by atoms with E-state index < -0.39 is 18.8 Å². The molecule has 1 rings (SSSR count). The summed E-state index contributed by atoms with van der Waals surface area (Å²) < 4.78 is 25.5. The summed E-state index contributed by atoms with van der Waals surface area (Å²) in [5, 5.41) is 0. The maximum Gasteiger partial charge on any atom is 0.334 e. The maximum atomic E-state index is 13.5. The van der Waals surface area contributed by atoms with Crippen molar-refractivity contribution < 1.29 is 13.6 Å². The first-order chi connectivity index (χ1) is 9.62. The average Bonchev–Trinajstić information content (AvgIpc) is 2.22. The molecular formula is C18H37O3P. The molecule has 0 atom stereocenters. The summed E-state index contributed by atoms with van der Waals surface area (Å²) >= 11 is 0. The van der Waals surface area contributed by atoms with E-state index in [1.54, 1.807) is 0 Å². The lowest BCUT2D eigenvalue weighted by molar-refractivity contribution is 0.0406. The second-order valence-corrected chi connectivity index (χ2v) is 12.0. The summed E-state index contributed by atoms with van der Waals surface area (Å²) in [5.41, 5.74) is -0.557. The van der Waals surface area contributed by atoms with Crippen LogP contribution in [-0.4, -0.2) is 16.9 Å². The third-order valence-electron chi connectivity index (χ3n) is 4.17. The molecule has 0 bridgehead atoms. The molecule has 0 spiro atoms. The smallest absolute Gasteiger partial charge is 0.303 e. The molecule has 1 aliphatic rings. The number of hydrogen-bond acceptors (Lipinski definition) is 3. The van der Waals surface area contributed by atoms with E-state index in [1.165, 1.54) is 0 Å². The molecule has 22 heavy (non-hydrogen) atoms. The summed E-state index contributed by atoms with van der Waals surface area (Å²) in [6, 6.07) is 0. The molecule has 3 nitrogen and oxygen atoms in total. The predicted molar refractivity (Wildman–Crippen MR) is 94.5 cm³/mol. The van der Waals surface area contributed by atoms with E-state index in [9.17, 15) is 4.57 Å². The molecule has 0 saturated heterocycles. The van der Waals surface area contributed by atoms with Crippen molar-refractivity contribution in [3.05, 3.63) is 0 Å². The third-order valence-corrected chi connectivity index (χ3v) is 7.19. The average molecular weight is 332 g/mol. The Labute approximate surface area is 138 Å². The van der Waals surface area contributed by atoms with E-state index in [0.29, 0.717) is 11.3 Å². The van der Waals surface area contributed by atoms with Crippen LogP contribution in [0.3, 0.4) is 0 Å². The highest BCUT2D eigenvalue weighted by atomic mass is 31.2. The van der Waals surface area contributed by atoms with Gasteiger partial charge in [0.2, 0.25) is 0 Å².